The molecule has 7 heterocycles. The molecule has 85 heavy (non-hydrogen) atoms. The number of carboxylic acid groups (broad SMARTS) is 1. The Balaban J connectivity index is 0.986. The van der Waals surface area contributed by atoms with E-state index in [1.165, 1.54) is 64.0 Å². The number of piperazine rings is 1. The number of carbonyl (C=O) groups is 5. The van der Waals surface area contributed by atoms with Crippen molar-refractivity contribution in [3.63, 3.8) is 0 Å². The number of rotatable bonds is 8. The molecule has 6 aliphatic rings. The molecule has 5 aliphatic heterocycles. The highest BCUT2D eigenvalue weighted by atomic mass is 19.1. The summed E-state index contributed by atoms with van der Waals surface area (Å²) in [4.78, 5) is 83.3. The summed E-state index contributed by atoms with van der Waals surface area (Å²) in [6, 6.07) is 1.39. The Morgan fingerprint density at radius 3 is 2.21 bits per heavy atom. The quantitative estimate of drug-likeness (QED) is 0.0415. The number of aliphatic hydroxyl groups is 2. The van der Waals surface area contributed by atoms with Crippen molar-refractivity contribution in [2.45, 2.75) is 124 Å². The summed E-state index contributed by atoms with van der Waals surface area (Å²) in [5, 5.41) is 77.3. The zero-order chi connectivity index (χ0) is 61.8. The second kappa shape index (κ2) is 24.0. The van der Waals surface area contributed by atoms with Crippen LogP contribution in [0.15, 0.2) is 58.3 Å². The Morgan fingerprint density at radius 2 is 1.56 bits per heavy atom. The number of pyridine rings is 2. The lowest BCUT2D eigenvalue weighted by Crippen LogP contribution is -2.47. The van der Waals surface area contributed by atoms with Gasteiger partial charge in [-0.1, -0.05) is 45.9 Å². The predicted molar refractivity (Wildman–Crippen MR) is 309 cm³/mol. The van der Waals surface area contributed by atoms with Gasteiger partial charge in [0.15, 0.2) is 11.6 Å². The first-order valence-corrected chi connectivity index (χ1v) is 28.4. The first-order chi connectivity index (χ1) is 40.2. The molecule has 4 aromatic rings. The van der Waals surface area contributed by atoms with Gasteiger partial charge in [0.1, 0.15) is 35.0 Å². The molecule has 456 valence electrons. The van der Waals surface area contributed by atoms with Gasteiger partial charge in [0.25, 0.3) is 17.2 Å². The number of ether oxygens (including phenoxy) is 5. The normalized spacial score (nSPS) is 28.3. The highest BCUT2D eigenvalue weighted by Crippen LogP contribution is 2.55. The molecule has 7 N–H and O–H groups in total. The molecule has 2 amide bonds. The molecule has 1 saturated carbocycles. The molecule has 24 heteroatoms. The zero-order valence-electron chi connectivity index (χ0n) is 49.0. The Bertz CT molecular complexity index is 3570. The van der Waals surface area contributed by atoms with Crippen molar-refractivity contribution in [3.05, 3.63) is 98.0 Å². The minimum atomic E-state index is -2.15. The number of aromatic carboxylic acids is 1. The lowest BCUT2D eigenvalue weighted by molar-refractivity contribution is -0.160. The number of ketones is 1. The van der Waals surface area contributed by atoms with E-state index < -0.39 is 135 Å². The molecule has 0 spiro atoms. The number of hydrogen-bond acceptors (Lipinski definition) is 19. The van der Waals surface area contributed by atoms with Crippen LogP contribution in [0.1, 0.15) is 117 Å². The van der Waals surface area contributed by atoms with Crippen molar-refractivity contribution in [3.8, 4) is 23.0 Å². The van der Waals surface area contributed by atoms with E-state index in [0.717, 1.165) is 35.9 Å². The lowest BCUT2D eigenvalue weighted by atomic mass is 9.78. The number of nitrogens with one attached hydrogen (secondary N) is 1. The van der Waals surface area contributed by atoms with Crippen LogP contribution in [0.2, 0.25) is 0 Å². The first-order valence-electron chi connectivity index (χ1n) is 28.4. The average molecular weight is 1180 g/mol. The molecular formula is C61H73FN6O17. The Labute approximate surface area is 489 Å². The number of fused-ring (bicyclic) bond motifs is 15. The number of aryl methyl sites for hydroxylation is 1. The number of methoxy groups -OCH3 is 1. The van der Waals surface area contributed by atoms with Crippen LogP contribution in [0.4, 0.5) is 20.6 Å². The number of anilines is 2. The number of aromatic hydroxyl groups is 3. The number of aliphatic hydroxyl groups excluding tert-OH is 2. The Hall–Kier alpha value is -8.22. The molecule has 0 unspecified atom stereocenters. The van der Waals surface area contributed by atoms with E-state index >= 15 is 4.39 Å². The molecule has 2 saturated heterocycles. The van der Waals surface area contributed by atoms with Gasteiger partial charge >= 0.3 is 23.8 Å². The van der Waals surface area contributed by atoms with Crippen molar-refractivity contribution in [1.29, 1.82) is 0 Å². The van der Waals surface area contributed by atoms with Gasteiger partial charge in [0.05, 0.1) is 90.0 Å². The molecule has 10 atom stereocenters. The second-order valence-electron chi connectivity index (χ2n) is 23.1. The van der Waals surface area contributed by atoms with Crippen LogP contribution < -0.4 is 20.5 Å². The topological polar surface area (TPSA) is 308 Å². The number of phenolic OH excluding ortho intramolecular Hbond substituents is 3. The summed E-state index contributed by atoms with van der Waals surface area (Å²) >= 11 is 0. The molecule has 1 aliphatic carbocycles. The second-order valence-corrected chi connectivity index (χ2v) is 23.1. The van der Waals surface area contributed by atoms with Crippen LogP contribution in [0.5, 0.6) is 23.0 Å². The van der Waals surface area contributed by atoms with Crippen molar-refractivity contribution in [2.24, 2.45) is 28.8 Å². The van der Waals surface area contributed by atoms with E-state index in [2.05, 4.69) is 10.4 Å². The van der Waals surface area contributed by atoms with Gasteiger partial charge in [-0.15, -0.1) is 0 Å². The van der Waals surface area contributed by atoms with Crippen LogP contribution in [-0.2, 0) is 28.5 Å². The van der Waals surface area contributed by atoms with Crippen LogP contribution in [0.25, 0.3) is 16.3 Å². The SMILES string of the molecule is CO[C@H]1/C=C/O[C@@]2(C)Oc3c(C)c(O)c4c(O)c(c(/C=N\N5CCN(C(=O)O[C@H]6CCN(c7c(F)cn8c(=O)c(C(=O)O)cc(C9CC9)c8c7C)C6)CC5)c(O)c4c3C2=O)NC(=O)/C(C)=C\C=C\[C@@H](C)[C@H](O)[C@@H](C)[C@H](O)[C@@H](C)[C@H](OC(C)=O)[C@@H]1C. The van der Waals surface area contributed by atoms with Gasteiger partial charge in [0.2, 0.25) is 0 Å². The van der Waals surface area contributed by atoms with Crippen molar-refractivity contribution < 1.29 is 82.7 Å². The number of hydrogen-bond donors (Lipinski definition) is 7. The third-order valence-electron chi connectivity index (χ3n) is 17.3. The fourth-order valence-corrected chi connectivity index (χ4v) is 12.1. The number of allylic oxidation sites excluding steroid dienone is 2. The summed E-state index contributed by atoms with van der Waals surface area (Å²) in [6.07, 6.45) is 6.03. The average Bonchev–Trinajstić information content (AvgIpc) is 1.78. The maximum Gasteiger partial charge on any atom is 0.410 e. The van der Waals surface area contributed by atoms with Gasteiger partial charge in [-0.25, -0.2) is 14.0 Å². The highest BCUT2D eigenvalue weighted by Gasteiger charge is 2.50. The summed E-state index contributed by atoms with van der Waals surface area (Å²) < 4.78 is 46.8. The van der Waals surface area contributed by atoms with Gasteiger partial charge in [-0.2, -0.15) is 5.10 Å². The first kappa shape index (κ1) is 61.3. The summed E-state index contributed by atoms with van der Waals surface area (Å²) in [6.45, 7) is 14.9. The molecule has 2 aromatic carbocycles. The largest absolute Gasteiger partial charge is 0.507 e. The smallest absolute Gasteiger partial charge is 0.410 e. The Kier molecular flexibility index (Phi) is 17.3. The summed E-state index contributed by atoms with van der Waals surface area (Å²) in [5.41, 5.74) is -0.311. The molecule has 3 fully saturated rings. The van der Waals surface area contributed by atoms with E-state index in [0.29, 0.717) is 29.6 Å². The molecule has 5 bridgehead atoms. The number of Topliss-reactive ketones (excluding diaryl/α,β-unsaturated/α-hetero) is 1. The number of esters is 1. The standard InChI is InChI=1S/C61H73FN6O17/c1-28-12-11-13-29(2)57(76)64-46-40(25-63-67-21-19-65(20-22-67)60(80)84-37-16-18-66(26-37)48-31(4)47-38(36-14-15-36)24-39(59(78)79)58(77)68(47)27-41(48)62)52(73)43-44(53(46)74)51(72)34(7)55-45(43)56(75)61(9,85-55)82-23-17-42(81-10)30(3)54(83-35(8)69)33(6)50(71)32(5)49(28)70/h11-13,17,23-25,27-28,30,32-33,36-37,42,49-50,54,70-74H,14-16,18-22,26H2,1-10H3,(H,64,76)(H,78,79)/b12-11+,23-17+,29-13-,63-25-/t28-,30-,32-,33-,37+,42+,49+,50+,54-,61+/m1/s1. The van der Waals surface area contributed by atoms with Gasteiger partial charge in [-0.05, 0) is 62.8 Å². The number of carboxylic acids is 1. The molecule has 23 nitrogen and oxygen atoms in total. The minimum absolute atomic E-state index is 0.0196. The third kappa shape index (κ3) is 11.6. The monoisotopic (exact) mass is 1180 g/mol. The van der Waals surface area contributed by atoms with E-state index in [4.69, 9.17) is 23.7 Å². The number of benzene rings is 2. The number of hydrazone groups is 1. The van der Waals surface area contributed by atoms with E-state index in [1.54, 1.807) is 50.6 Å². The number of amides is 2. The van der Waals surface area contributed by atoms with Crippen LogP contribution >= 0.6 is 0 Å². The predicted octanol–water partition coefficient (Wildman–Crippen LogP) is 6.76. The number of halogens is 1. The van der Waals surface area contributed by atoms with Gasteiger partial charge in [-0.3, -0.25) is 28.6 Å². The van der Waals surface area contributed by atoms with Crippen molar-refractivity contribution >= 4 is 63.6 Å². The van der Waals surface area contributed by atoms with Crippen LogP contribution in [-0.4, -0.2) is 164 Å². The number of phenols is 3. The fraction of sp³-hybridized carbons (Fsp3) is 0.492. The third-order valence-corrected chi connectivity index (χ3v) is 17.3. The molecule has 10 rings (SSSR count). The van der Waals surface area contributed by atoms with E-state index in [1.807, 2.05) is 0 Å². The Morgan fingerprint density at radius 1 is 0.871 bits per heavy atom. The molecular weight excluding hydrogens is 1110 g/mol. The number of nitrogens with zero attached hydrogens (tertiary/aromatic N) is 5. The summed E-state index contributed by atoms with van der Waals surface area (Å²) in [7, 11) is 1.41. The van der Waals surface area contributed by atoms with Crippen molar-refractivity contribution in [2.75, 3.05) is 56.6 Å². The van der Waals surface area contributed by atoms with Gasteiger partial charge in [0, 0.05) is 87.2 Å². The minimum Gasteiger partial charge on any atom is -0.507 e. The molecule has 0 radical (unpaired) electrons. The summed E-state index contributed by atoms with van der Waals surface area (Å²) in [5.74, 6) is -11.4. The number of aromatic nitrogens is 1. The van der Waals surface area contributed by atoms with Crippen molar-refractivity contribution in [1.82, 2.24) is 14.3 Å². The van der Waals surface area contributed by atoms with Gasteiger partial charge < -0.3 is 69.4 Å². The van der Waals surface area contributed by atoms with Crippen LogP contribution in [0, 0.1) is 43.3 Å². The maximum absolute atomic E-state index is 16.0. The maximum atomic E-state index is 16.0. The fourth-order valence-electron chi connectivity index (χ4n) is 12.1. The lowest BCUT2D eigenvalue weighted by Gasteiger charge is -2.38. The number of carbonyl (C=O) groups excluding carboxylic acids is 4. The highest BCUT2D eigenvalue weighted by molar-refractivity contribution is 6.24. The molecule has 2 aromatic heterocycles. The van der Waals surface area contributed by atoms with E-state index in [-0.39, 0.29) is 77.7 Å². The zero-order valence-corrected chi connectivity index (χ0v) is 49.0. The van der Waals surface area contributed by atoms with E-state index in [9.17, 15) is 59.4 Å². The van der Waals surface area contributed by atoms with Crippen LogP contribution in [0.3, 0.4) is 0 Å².